The summed E-state index contributed by atoms with van der Waals surface area (Å²) in [5, 5.41) is 5.25. The highest BCUT2D eigenvalue weighted by molar-refractivity contribution is 7.27. The van der Waals surface area contributed by atoms with Gasteiger partial charge in [0.15, 0.2) is 17.5 Å². The summed E-state index contributed by atoms with van der Waals surface area (Å²) >= 11 is 3.77. The van der Waals surface area contributed by atoms with Gasteiger partial charge in [0.1, 0.15) is 0 Å². The molecule has 11 aromatic rings. The van der Waals surface area contributed by atoms with E-state index >= 15 is 0 Å². The highest BCUT2D eigenvalue weighted by atomic mass is 32.1. The van der Waals surface area contributed by atoms with Crippen LogP contribution in [0.4, 0.5) is 0 Å². The Morgan fingerprint density at radius 1 is 0.268 bits per heavy atom. The van der Waals surface area contributed by atoms with E-state index in [4.69, 9.17) is 15.0 Å². The zero-order valence-electron chi connectivity index (χ0n) is 30.1. The summed E-state index contributed by atoms with van der Waals surface area (Å²) in [5.74, 6) is 1.94. The van der Waals surface area contributed by atoms with Crippen molar-refractivity contribution in [2.45, 2.75) is 0 Å². The number of nitrogens with zero attached hydrogens (tertiary/aromatic N) is 3. The van der Waals surface area contributed by atoms with Gasteiger partial charge in [-0.15, -0.1) is 22.7 Å². The first-order chi connectivity index (χ1) is 27.7. The van der Waals surface area contributed by atoms with Crippen molar-refractivity contribution >= 4 is 63.0 Å². The van der Waals surface area contributed by atoms with Crippen LogP contribution in [0.2, 0.25) is 0 Å². The molecule has 0 radical (unpaired) electrons. The Morgan fingerprint density at radius 3 is 1.39 bits per heavy atom. The number of hydrogen-bond acceptors (Lipinski definition) is 5. The molecule has 262 valence electrons. The second-order valence-electron chi connectivity index (χ2n) is 14.0. The number of hydrogen-bond donors (Lipinski definition) is 0. The minimum atomic E-state index is 0.645. The SMILES string of the molecule is c1ccc(-c2cccc(-c3nc(-c4ccccc4)nc(-c4ccc(-c5ccc6c(c5)sc5c(-c7cccc8c7sc7ccccc78)cccc56)cc4)n3)c2)cc1. The Labute approximate surface area is 331 Å². The quantitative estimate of drug-likeness (QED) is 0.170. The van der Waals surface area contributed by atoms with Crippen LogP contribution in [0.1, 0.15) is 0 Å². The van der Waals surface area contributed by atoms with Gasteiger partial charge in [-0.3, -0.25) is 0 Å². The molecule has 3 heterocycles. The second-order valence-corrected chi connectivity index (χ2v) is 16.1. The number of thiophene rings is 2. The van der Waals surface area contributed by atoms with Gasteiger partial charge in [0.05, 0.1) is 0 Å². The molecule has 0 fully saturated rings. The Hall–Kier alpha value is -6.79. The largest absolute Gasteiger partial charge is 0.208 e. The molecule has 0 bridgehead atoms. The number of fused-ring (bicyclic) bond motifs is 6. The third-order valence-electron chi connectivity index (χ3n) is 10.6. The molecule has 0 amide bonds. The summed E-state index contributed by atoms with van der Waals surface area (Å²) in [7, 11) is 0. The first-order valence-corrected chi connectivity index (χ1v) is 20.3. The van der Waals surface area contributed by atoms with E-state index < -0.39 is 0 Å². The molecule has 0 aliphatic heterocycles. The lowest BCUT2D eigenvalue weighted by atomic mass is 9.99. The average Bonchev–Trinajstić information content (AvgIpc) is 3.85. The number of rotatable bonds is 6. The summed E-state index contributed by atoms with van der Waals surface area (Å²) in [6.45, 7) is 0. The van der Waals surface area contributed by atoms with Gasteiger partial charge >= 0.3 is 0 Å². The van der Waals surface area contributed by atoms with E-state index in [1.165, 1.54) is 57.0 Å². The Bertz CT molecular complexity index is 3240. The highest BCUT2D eigenvalue weighted by Gasteiger charge is 2.17. The van der Waals surface area contributed by atoms with E-state index in [0.29, 0.717) is 17.5 Å². The van der Waals surface area contributed by atoms with E-state index in [9.17, 15) is 0 Å². The second kappa shape index (κ2) is 13.5. The maximum atomic E-state index is 5.05. The van der Waals surface area contributed by atoms with E-state index in [1.807, 2.05) is 59.1 Å². The third-order valence-corrected chi connectivity index (χ3v) is 13.0. The van der Waals surface area contributed by atoms with Crippen LogP contribution in [0.15, 0.2) is 188 Å². The van der Waals surface area contributed by atoms with E-state index in [0.717, 1.165) is 33.4 Å². The molecule has 0 atom stereocenters. The topological polar surface area (TPSA) is 38.7 Å². The smallest absolute Gasteiger partial charge is 0.164 e. The molecule has 5 heteroatoms. The molecule has 8 aromatic carbocycles. The molecule has 56 heavy (non-hydrogen) atoms. The van der Waals surface area contributed by atoms with Crippen molar-refractivity contribution in [3.63, 3.8) is 0 Å². The van der Waals surface area contributed by atoms with Gasteiger partial charge in [-0.1, -0.05) is 170 Å². The van der Waals surface area contributed by atoms with Gasteiger partial charge in [0.25, 0.3) is 0 Å². The van der Waals surface area contributed by atoms with Gasteiger partial charge in [0, 0.05) is 68.2 Å². The van der Waals surface area contributed by atoms with Gasteiger partial charge < -0.3 is 0 Å². The first kappa shape index (κ1) is 32.6. The van der Waals surface area contributed by atoms with Gasteiger partial charge in [-0.25, -0.2) is 15.0 Å². The Kier molecular flexibility index (Phi) is 7.87. The summed E-state index contributed by atoms with van der Waals surface area (Å²) in [6, 6.07) is 66.7. The fraction of sp³-hybridized carbons (Fsp3) is 0. The molecule has 0 unspecified atom stereocenters. The summed E-state index contributed by atoms with van der Waals surface area (Å²) in [5.41, 5.74) is 10.0. The van der Waals surface area contributed by atoms with Crippen LogP contribution < -0.4 is 0 Å². The molecule has 0 aliphatic rings. The van der Waals surface area contributed by atoms with Crippen LogP contribution in [0.25, 0.3) is 108 Å². The normalized spacial score (nSPS) is 11.6. The highest BCUT2D eigenvalue weighted by Crippen LogP contribution is 2.45. The lowest BCUT2D eigenvalue weighted by molar-refractivity contribution is 1.07. The van der Waals surface area contributed by atoms with Crippen LogP contribution in [0, 0.1) is 0 Å². The van der Waals surface area contributed by atoms with Crippen molar-refractivity contribution in [3.8, 4) is 67.5 Å². The van der Waals surface area contributed by atoms with Crippen molar-refractivity contribution in [1.82, 2.24) is 15.0 Å². The van der Waals surface area contributed by atoms with Crippen LogP contribution in [-0.2, 0) is 0 Å². The van der Waals surface area contributed by atoms with Gasteiger partial charge in [0.2, 0.25) is 0 Å². The van der Waals surface area contributed by atoms with E-state index in [1.54, 1.807) is 0 Å². The zero-order chi connectivity index (χ0) is 37.0. The summed E-state index contributed by atoms with van der Waals surface area (Å²) < 4.78 is 5.29. The molecular formula is C51H31N3S2. The van der Waals surface area contributed by atoms with E-state index in [2.05, 4.69) is 152 Å². The maximum absolute atomic E-state index is 5.05. The lowest BCUT2D eigenvalue weighted by Crippen LogP contribution is -2.00. The van der Waals surface area contributed by atoms with Gasteiger partial charge in [-0.2, -0.15) is 0 Å². The van der Waals surface area contributed by atoms with Crippen molar-refractivity contribution in [3.05, 3.63) is 188 Å². The average molecular weight is 750 g/mol. The molecule has 0 N–H and O–H groups in total. The minimum absolute atomic E-state index is 0.645. The summed E-state index contributed by atoms with van der Waals surface area (Å²) in [6.07, 6.45) is 0. The minimum Gasteiger partial charge on any atom is -0.208 e. The predicted octanol–water partition coefficient (Wildman–Crippen LogP) is 14.6. The molecule has 3 nitrogen and oxygen atoms in total. The number of aromatic nitrogens is 3. The first-order valence-electron chi connectivity index (χ1n) is 18.7. The molecule has 0 aliphatic carbocycles. The van der Waals surface area contributed by atoms with Crippen LogP contribution >= 0.6 is 22.7 Å². The van der Waals surface area contributed by atoms with Crippen molar-refractivity contribution in [2.75, 3.05) is 0 Å². The van der Waals surface area contributed by atoms with Crippen molar-refractivity contribution in [2.24, 2.45) is 0 Å². The Morgan fingerprint density at radius 2 is 0.696 bits per heavy atom. The van der Waals surface area contributed by atoms with Gasteiger partial charge in [-0.05, 0) is 40.5 Å². The van der Waals surface area contributed by atoms with E-state index in [-0.39, 0.29) is 0 Å². The monoisotopic (exact) mass is 749 g/mol. The molecule has 0 saturated heterocycles. The Balaban J connectivity index is 0.966. The molecule has 0 spiro atoms. The van der Waals surface area contributed by atoms with Crippen molar-refractivity contribution in [1.29, 1.82) is 0 Å². The fourth-order valence-corrected chi connectivity index (χ4v) is 10.3. The standard InChI is InChI=1S/C51H31N3S2/c1-3-12-32(13-4-1)36-16-9-17-38(30-36)51-53-49(34-14-5-2-6-15-34)52-50(54-51)35-26-24-33(25-27-35)37-28-29-40-42-20-11-22-44(48(42)56-46(40)31-37)43-21-10-19-41-39-18-7-8-23-45(39)55-47(41)43/h1-31H. The molecule has 0 saturated carbocycles. The fourth-order valence-electron chi connectivity index (χ4n) is 7.78. The number of benzene rings is 8. The third kappa shape index (κ3) is 5.68. The van der Waals surface area contributed by atoms with Crippen LogP contribution in [-0.4, -0.2) is 15.0 Å². The van der Waals surface area contributed by atoms with Crippen LogP contribution in [0.3, 0.4) is 0 Å². The predicted molar refractivity (Wildman–Crippen MR) is 238 cm³/mol. The molecule has 11 rings (SSSR count). The summed E-state index contributed by atoms with van der Waals surface area (Å²) in [4.78, 5) is 15.0. The molecule has 3 aromatic heterocycles. The van der Waals surface area contributed by atoms with Crippen LogP contribution in [0.5, 0.6) is 0 Å². The zero-order valence-corrected chi connectivity index (χ0v) is 31.7. The molecular weight excluding hydrogens is 719 g/mol. The lowest BCUT2D eigenvalue weighted by Gasteiger charge is -2.10. The van der Waals surface area contributed by atoms with Crippen molar-refractivity contribution < 1.29 is 0 Å². The maximum Gasteiger partial charge on any atom is 0.164 e.